The van der Waals surface area contributed by atoms with Gasteiger partial charge in [-0.25, -0.2) is 14.8 Å². The molecule has 2 aromatic carbocycles. The van der Waals surface area contributed by atoms with Crippen molar-refractivity contribution < 1.29 is 19.4 Å². The molecule has 0 radical (unpaired) electrons. The number of nitrogens with zero attached hydrogens (tertiary/aromatic N) is 3. The Labute approximate surface area is 164 Å². The van der Waals surface area contributed by atoms with E-state index in [0.717, 1.165) is 27.9 Å². The summed E-state index contributed by atoms with van der Waals surface area (Å²) in [4.78, 5) is 20.9. The summed E-state index contributed by atoms with van der Waals surface area (Å²) in [5, 5.41) is 10.2. The molecule has 4 aromatic rings. The smallest absolute Gasteiger partial charge is 0.348 e. The first-order valence-corrected chi connectivity index (χ1v) is 9.38. The third-order valence-corrected chi connectivity index (χ3v) is 5.18. The predicted molar refractivity (Wildman–Crippen MR) is 107 cm³/mol. The van der Waals surface area contributed by atoms with Crippen molar-refractivity contribution in [2.45, 2.75) is 0 Å². The zero-order chi connectivity index (χ0) is 19.5. The molecule has 8 heteroatoms. The highest BCUT2D eigenvalue weighted by Gasteiger charge is 2.20. The van der Waals surface area contributed by atoms with Gasteiger partial charge in [-0.1, -0.05) is 41.7 Å². The molecule has 0 aliphatic rings. The van der Waals surface area contributed by atoms with Crippen LogP contribution in [-0.2, 0) is 4.74 Å². The van der Waals surface area contributed by atoms with E-state index in [4.69, 9.17) is 9.47 Å². The number of aromatic carboxylic acids is 1. The number of carbonyl (C=O) groups is 1. The van der Waals surface area contributed by atoms with Crippen molar-refractivity contribution in [2.75, 3.05) is 20.3 Å². The molecular formula is C20H17N3O4S. The van der Waals surface area contributed by atoms with Gasteiger partial charge in [-0.2, -0.15) is 0 Å². The molecule has 0 bridgehead atoms. The summed E-state index contributed by atoms with van der Waals surface area (Å²) >= 11 is 1.12. The quantitative estimate of drug-likeness (QED) is 0.478. The molecule has 0 aliphatic heterocycles. The van der Waals surface area contributed by atoms with Gasteiger partial charge in [-0.3, -0.25) is 4.57 Å². The maximum absolute atomic E-state index is 11.7. The number of carboxylic acids is 1. The Morgan fingerprint density at radius 3 is 2.75 bits per heavy atom. The highest BCUT2D eigenvalue weighted by atomic mass is 32.1. The third-order valence-electron chi connectivity index (χ3n) is 4.14. The van der Waals surface area contributed by atoms with Crippen LogP contribution < -0.4 is 4.74 Å². The normalized spacial score (nSPS) is 11.0. The Bertz CT molecular complexity index is 1120. The van der Waals surface area contributed by atoms with E-state index in [9.17, 15) is 9.90 Å². The van der Waals surface area contributed by atoms with Gasteiger partial charge in [0.25, 0.3) is 0 Å². The molecule has 4 rings (SSSR count). The van der Waals surface area contributed by atoms with Crippen molar-refractivity contribution >= 4 is 28.3 Å². The van der Waals surface area contributed by atoms with Gasteiger partial charge < -0.3 is 14.6 Å². The number of hydrogen-bond acceptors (Lipinski definition) is 6. The van der Waals surface area contributed by atoms with E-state index in [1.807, 2.05) is 48.5 Å². The van der Waals surface area contributed by atoms with Crippen LogP contribution in [-0.4, -0.2) is 45.9 Å². The molecule has 0 spiro atoms. The topological polar surface area (TPSA) is 86.5 Å². The Morgan fingerprint density at radius 1 is 1.18 bits per heavy atom. The van der Waals surface area contributed by atoms with Gasteiger partial charge in [0.15, 0.2) is 5.13 Å². The van der Waals surface area contributed by atoms with E-state index in [1.165, 1.54) is 0 Å². The largest absolute Gasteiger partial charge is 0.491 e. The fourth-order valence-corrected chi connectivity index (χ4v) is 3.74. The second kappa shape index (κ2) is 7.79. The Balaban J connectivity index is 1.73. The van der Waals surface area contributed by atoms with Gasteiger partial charge in [0.05, 0.1) is 23.3 Å². The van der Waals surface area contributed by atoms with Crippen molar-refractivity contribution in [1.29, 1.82) is 0 Å². The van der Waals surface area contributed by atoms with E-state index in [2.05, 4.69) is 9.97 Å². The number of ether oxygens (including phenoxy) is 2. The number of thiazole rings is 1. The number of hydrogen-bond donors (Lipinski definition) is 1. The average Bonchev–Trinajstić information content (AvgIpc) is 3.33. The lowest BCUT2D eigenvalue weighted by atomic mass is 10.1. The second-order valence-corrected chi connectivity index (χ2v) is 6.93. The van der Waals surface area contributed by atoms with Crippen LogP contribution in [0.15, 0.2) is 54.9 Å². The minimum absolute atomic E-state index is 0.197. The van der Waals surface area contributed by atoms with E-state index >= 15 is 0 Å². The van der Waals surface area contributed by atoms with Crippen LogP contribution >= 0.6 is 11.3 Å². The number of benzene rings is 2. The molecule has 0 atom stereocenters. The Morgan fingerprint density at radius 2 is 2.00 bits per heavy atom. The SMILES string of the molecule is COCCOc1ccc2c(c1)ncn2-c1nc(-c2ccccc2)c(C(=O)O)s1. The summed E-state index contributed by atoms with van der Waals surface area (Å²) in [5.74, 6) is -0.300. The van der Waals surface area contributed by atoms with E-state index in [1.54, 1.807) is 18.0 Å². The molecule has 0 fully saturated rings. The molecule has 0 saturated carbocycles. The maximum Gasteiger partial charge on any atom is 0.348 e. The van der Waals surface area contributed by atoms with Crippen molar-refractivity contribution in [3.05, 3.63) is 59.7 Å². The molecule has 0 saturated heterocycles. The van der Waals surface area contributed by atoms with Gasteiger partial charge in [0.2, 0.25) is 0 Å². The highest BCUT2D eigenvalue weighted by Crippen LogP contribution is 2.32. The average molecular weight is 395 g/mol. The molecule has 2 heterocycles. The van der Waals surface area contributed by atoms with Gasteiger partial charge in [0.1, 0.15) is 23.6 Å². The third kappa shape index (κ3) is 3.47. The van der Waals surface area contributed by atoms with Gasteiger partial charge in [-0.05, 0) is 12.1 Å². The summed E-state index contributed by atoms with van der Waals surface area (Å²) in [6.45, 7) is 0.962. The number of fused-ring (bicyclic) bond motifs is 1. The zero-order valence-electron chi connectivity index (χ0n) is 15.0. The van der Waals surface area contributed by atoms with Crippen LogP contribution in [0, 0.1) is 0 Å². The van der Waals surface area contributed by atoms with Crippen molar-refractivity contribution in [1.82, 2.24) is 14.5 Å². The lowest BCUT2D eigenvalue weighted by molar-refractivity contribution is 0.0702. The summed E-state index contributed by atoms with van der Waals surface area (Å²) in [6.07, 6.45) is 1.64. The predicted octanol–water partition coefficient (Wildman–Crippen LogP) is 3.87. The summed E-state index contributed by atoms with van der Waals surface area (Å²) in [6, 6.07) is 14.9. The van der Waals surface area contributed by atoms with Crippen LogP contribution in [0.25, 0.3) is 27.4 Å². The molecule has 7 nitrogen and oxygen atoms in total. The monoisotopic (exact) mass is 395 g/mol. The molecule has 0 aliphatic carbocycles. The van der Waals surface area contributed by atoms with Crippen LogP contribution in [0.5, 0.6) is 5.75 Å². The molecule has 0 amide bonds. The van der Waals surface area contributed by atoms with E-state index in [0.29, 0.717) is 29.8 Å². The fourth-order valence-electron chi connectivity index (χ4n) is 2.83. The molecule has 0 unspecified atom stereocenters. The molecule has 142 valence electrons. The van der Waals surface area contributed by atoms with Gasteiger partial charge >= 0.3 is 5.97 Å². The fraction of sp³-hybridized carbons (Fsp3) is 0.150. The molecule has 2 aromatic heterocycles. The first-order valence-electron chi connectivity index (χ1n) is 8.56. The van der Waals surface area contributed by atoms with Crippen LogP contribution in [0.2, 0.25) is 0 Å². The standard InChI is InChI=1S/C20H17N3O4S/c1-26-9-10-27-14-7-8-16-15(11-14)21-12-23(16)20-22-17(18(28-20)19(24)25)13-5-3-2-4-6-13/h2-8,11-12H,9-10H2,1H3,(H,24,25). The van der Waals surface area contributed by atoms with Crippen LogP contribution in [0.1, 0.15) is 9.67 Å². The van der Waals surface area contributed by atoms with E-state index in [-0.39, 0.29) is 4.88 Å². The number of rotatable bonds is 7. The molecular weight excluding hydrogens is 378 g/mol. The van der Waals surface area contributed by atoms with Crippen molar-refractivity contribution in [3.63, 3.8) is 0 Å². The number of carboxylic acid groups (broad SMARTS) is 1. The molecule has 1 N–H and O–H groups in total. The Kier molecular flexibility index (Phi) is 5.05. The lowest BCUT2D eigenvalue weighted by Crippen LogP contribution is -2.04. The highest BCUT2D eigenvalue weighted by molar-refractivity contribution is 7.16. The van der Waals surface area contributed by atoms with Crippen molar-refractivity contribution in [2.24, 2.45) is 0 Å². The Hall–Kier alpha value is -3.23. The summed E-state index contributed by atoms with van der Waals surface area (Å²) in [5.41, 5.74) is 2.78. The first-order chi connectivity index (χ1) is 13.7. The zero-order valence-corrected chi connectivity index (χ0v) is 15.8. The van der Waals surface area contributed by atoms with Crippen molar-refractivity contribution in [3.8, 4) is 22.1 Å². The number of imidazole rings is 1. The first kappa shape index (κ1) is 18.1. The minimum Gasteiger partial charge on any atom is -0.491 e. The van der Waals surface area contributed by atoms with Gasteiger partial charge in [0, 0.05) is 18.7 Å². The molecule has 28 heavy (non-hydrogen) atoms. The maximum atomic E-state index is 11.7. The lowest BCUT2D eigenvalue weighted by Gasteiger charge is -2.05. The summed E-state index contributed by atoms with van der Waals surface area (Å²) in [7, 11) is 1.62. The van der Waals surface area contributed by atoms with Gasteiger partial charge in [-0.15, -0.1) is 0 Å². The van der Waals surface area contributed by atoms with E-state index < -0.39 is 5.97 Å². The second-order valence-electron chi connectivity index (χ2n) is 5.95. The van der Waals surface area contributed by atoms with Crippen LogP contribution in [0.4, 0.5) is 0 Å². The summed E-state index contributed by atoms with van der Waals surface area (Å²) < 4.78 is 12.4. The number of aromatic nitrogens is 3. The minimum atomic E-state index is -0.999. The van der Waals surface area contributed by atoms with Crippen LogP contribution in [0.3, 0.4) is 0 Å². The number of methoxy groups -OCH3 is 1.